The number of nitrogens with two attached hydrogens (primary N) is 1. The molecule has 18 heavy (non-hydrogen) atoms. The molecule has 0 bridgehead atoms. The molecule has 0 spiro atoms. The monoisotopic (exact) mass is 267 g/mol. The highest BCUT2D eigenvalue weighted by Gasteiger charge is 2.27. The molecular formula is C14H25N3S. The van der Waals surface area contributed by atoms with Gasteiger partial charge in [0.2, 0.25) is 0 Å². The van der Waals surface area contributed by atoms with Crippen LogP contribution >= 0.6 is 11.3 Å². The summed E-state index contributed by atoms with van der Waals surface area (Å²) in [5, 5.41) is 6.86. The van der Waals surface area contributed by atoms with Crippen LogP contribution < -0.4 is 11.1 Å². The van der Waals surface area contributed by atoms with Crippen molar-refractivity contribution in [1.82, 2.24) is 10.3 Å². The second-order valence-corrected chi connectivity index (χ2v) is 6.38. The first kappa shape index (κ1) is 14.0. The lowest BCUT2D eigenvalue weighted by atomic mass is 9.80. The van der Waals surface area contributed by atoms with E-state index in [-0.39, 0.29) is 5.54 Å². The summed E-state index contributed by atoms with van der Waals surface area (Å²) in [6.07, 6.45) is 10.4. The predicted octanol–water partition coefficient (Wildman–Crippen LogP) is 3.24. The maximum absolute atomic E-state index is 6.45. The molecule has 0 radical (unpaired) electrons. The zero-order valence-corrected chi connectivity index (χ0v) is 12.1. The fraction of sp³-hybridized carbons (Fsp3) is 0.786. The molecule has 2 rings (SSSR count). The van der Waals surface area contributed by atoms with Crippen molar-refractivity contribution in [3.8, 4) is 0 Å². The minimum atomic E-state index is 0.0897. The normalized spacial score (nSPS) is 20.8. The molecule has 1 heterocycles. The van der Waals surface area contributed by atoms with Gasteiger partial charge >= 0.3 is 0 Å². The smallest absolute Gasteiger partial charge is 0.109 e. The van der Waals surface area contributed by atoms with E-state index in [0.717, 1.165) is 19.4 Å². The van der Waals surface area contributed by atoms with Gasteiger partial charge in [-0.25, -0.2) is 4.98 Å². The Kier molecular flexibility index (Phi) is 5.15. The molecule has 1 atom stereocenters. The number of aromatic nitrogens is 1. The first-order valence-electron chi connectivity index (χ1n) is 7.15. The minimum Gasteiger partial charge on any atom is -0.325 e. The van der Waals surface area contributed by atoms with Gasteiger partial charge in [-0.3, -0.25) is 0 Å². The van der Waals surface area contributed by atoms with Crippen molar-refractivity contribution >= 4 is 11.3 Å². The van der Waals surface area contributed by atoms with Gasteiger partial charge in [-0.05, 0) is 32.2 Å². The second kappa shape index (κ2) is 6.64. The highest BCUT2D eigenvalue weighted by molar-refractivity contribution is 7.09. The minimum absolute atomic E-state index is 0.0897. The van der Waals surface area contributed by atoms with Crippen LogP contribution in [0.5, 0.6) is 0 Å². The summed E-state index contributed by atoms with van der Waals surface area (Å²) >= 11 is 1.74. The van der Waals surface area contributed by atoms with Gasteiger partial charge in [-0.15, -0.1) is 11.3 Å². The summed E-state index contributed by atoms with van der Waals surface area (Å²) in [4.78, 5) is 4.39. The number of nitrogens with zero attached hydrogens (tertiary/aromatic N) is 1. The summed E-state index contributed by atoms with van der Waals surface area (Å²) in [5.74, 6) is 0. The highest BCUT2D eigenvalue weighted by Crippen LogP contribution is 2.28. The molecule has 102 valence electrons. The summed E-state index contributed by atoms with van der Waals surface area (Å²) in [6.45, 7) is 3.21. The Morgan fingerprint density at radius 3 is 2.83 bits per heavy atom. The van der Waals surface area contributed by atoms with E-state index in [1.165, 1.54) is 37.1 Å². The van der Waals surface area contributed by atoms with Crippen LogP contribution in [-0.4, -0.2) is 17.1 Å². The largest absolute Gasteiger partial charge is 0.325 e. The van der Waals surface area contributed by atoms with Crippen LogP contribution in [0.25, 0.3) is 0 Å². The predicted molar refractivity (Wildman–Crippen MR) is 77.8 cm³/mol. The third kappa shape index (κ3) is 3.77. The van der Waals surface area contributed by atoms with Crippen LogP contribution in [0.4, 0.5) is 0 Å². The van der Waals surface area contributed by atoms with Gasteiger partial charge in [0.25, 0.3) is 0 Å². The van der Waals surface area contributed by atoms with E-state index >= 15 is 0 Å². The number of nitrogens with one attached hydrogen (secondary N) is 1. The molecule has 1 aliphatic carbocycles. The molecule has 4 heteroatoms. The molecule has 1 unspecified atom stereocenters. The zero-order chi connectivity index (χ0) is 12.8. The first-order valence-corrected chi connectivity index (χ1v) is 8.03. The van der Waals surface area contributed by atoms with Gasteiger partial charge in [0.1, 0.15) is 5.01 Å². The zero-order valence-electron chi connectivity index (χ0n) is 11.3. The SMILES string of the molecule is CCC(NCCC1(N)CCCCC1)c1nccs1. The first-order chi connectivity index (χ1) is 8.73. The topological polar surface area (TPSA) is 50.9 Å². The maximum Gasteiger partial charge on any atom is 0.109 e. The number of hydrogen-bond acceptors (Lipinski definition) is 4. The van der Waals surface area contributed by atoms with E-state index in [1.807, 2.05) is 11.6 Å². The molecule has 0 amide bonds. The van der Waals surface area contributed by atoms with Gasteiger partial charge in [0.15, 0.2) is 0 Å². The molecule has 1 aromatic rings. The summed E-state index contributed by atoms with van der Waals surface area (Å²) in [6, 6.07) is 0.400. The van der Waals surface area contributed by atoms with Gasteiger partial charge in [-0.2, -0.15) is 0 Å². The Hall–Kier alpha value is -0.450. The third-order valence-electron chi connectivity index (χ3n) is 4.02. The summed E-state index contributed by atoms with van der Waals surface area (Å²) in [7, 11) is 0. The molecule has 1 fully saturated rings. The Labute approximate surface area is 114 Å². The Morgan fingerprint density at radius 2 is 2.22 bits per heavy atom. The number of rotatable bonds is 6. The number of hydrogen-bond donors (Lipinski definition) is 2. The lowest BCUT2D eigenvalue weighted by Gasteiger charge is -2.34. The van der Waals surface area contributed by atoms with Crippen LogP contribution in [0.2, 0.25) is 0 Å². The Bertz CT molecular complexity index is 331. The molecular weight excluding hydrogens is 242 g/mol. The quantitative estimate of drug-likeness (QED) is 0.832. The van der Waals surface area contributed by atoms with Crippen LogP contribution in [0.1, 0.15) is 62.9 Å². The van der Waals surface area contributed by atoms with E-state index < -0.39 is 0 Å². The van der Waals surface area contributed by atoms with Crippen molar-refractivity contribution in [2.75, 3.05) is 6.54 Å². The fourth-order valence-corrected chi connectivity index (χ4v) is 3.61. The van der Waals surface area contributed by atoms with Crippen LogP contribution in [0, 0.1) is 0 Å². The average Bonchev–Trinajstić information content (AvgIpc) is 2.89. The molecule has 1 aliphatic rings. The molecule has 3 N–H and O–H groups in total. The van der Waals surface area contributed by atoms with E-state index in [0.29, 0.717) is 6.04 Å². The lowest BCUT2D eigenvalue weighted by molar-refractivity contribution is 0.270. The molecule has 0 saturated heterocycles. The molecule has 0 aliphatic heterocycles. The second-order valence-electron chi connectivity index (χ2n) is 5.46. The lowest BCUT2D eigenvalue weighted by Crippen LogP contribution is -2.44. The van der Waals surface area contributed by atoms with Crippen molar-refractivity contribution < 1.29 is 0 Å². The maximum atomic E-state index is 6.45. The molecule has 1 aromatic heterocycles. The van der Waals surface area contributed by atoms with Crippen LogP contribution in [0.3, 0.4) is 0 Å². The highest BCUT2D eigenvalue weighted by atomic mass is 32.1. The van der Waals surface area contributed by atoms with Gasteiger partial charge in [-0.1, -0.05) is 26.2 Å². The van der Waals surface area contributed by atoms with Crippen molar-refractivity contribution in [3.05, 3.63) is 16.6 Å². The van der Waals surface area contributed by atoms with E-state index in [4.69, 9.17) is 5.73 Å². The Morgan fingerprint density at radius 1 is 1.44 bits per heavy atom. The summed E-state index contributed by atoms with van der Waals surface area (Å²) in [5.41, 5.74) is 6.54. The van der Waals surface area contributed by atoms with Crippen LogP contribution in [-0.2, 0) is 0 Å². The fourth-order valence-electron chi connectivity index (χ4n) is 2.81. The van der Waals surface area contributed by atoms with Crippen molar-refractivity contribution in [2.45, 2.75) is 63.5 Å². The molecule has 3 nitrogen and oxygen atoms in total. The van der Waals surface area contributed by atoms with Gasteiger partial charge in [0, 0.05) is 17.1 Å². The van der Waals surface area contributed by atoms with Gasteiger partial charge in [0.05, 0.1) is 6.04 Å². The average molecular weight is 267 g/mol. The van der Waals surface area contributed by atoms with Crippen molar-refractivity contribution in [3.63, 3.8) is 0 Å². The number of thiazole rings is 1. The summed E-state index contributed by atoms with van der Waals surface area (Å²) < 4.78 is 0. The van der Waals surface area contributed by atoms with Crippen LogP contribution in [0.15, 0.2) is 11.6 Å². The third-order valence-corrected chi connectivity index (χ3v) is 4.91. The van der Waals surface area contributed by atoms with E-state index in [9.17, 15) is 0 Å². The van der Waals surface area contributed by atoms with Gasteiger partial charge < -0.3 is 11.1 Å². The van der Waals surface area contributed by atoms with Crippen molar-refractivity contribution in [2.24, 2.45) is 5.73 Å². The van der Waals surface area contributed by atoms with E-state index in [2.05, 4.69) is 17.2 Å². The molecule has 0 aromatic carbocycles. The standard InChI is InChI=1S/C14H25N3S/c1-2-12(13-17-10-11-18-13)16-9-8-14(15)6-4-3-5-7-14/h10-12,16H,2-9,15H2,1H3. The van der Waals surface area contributed by atoms with E-state index in [1.54, 1.807) is 11.3 Å². The van der Waals surface area contributed by atoms with Crippen molar-refractivity contribution in [1.29, 1.82) is 0 Å². The molecule has 1 saturated carbocycles. The Balaban J connectivity index is 1.76.